The maximum atomic E-state index is 12.5. The first-order chi connectivity index (χ1) is 7.61. The molecule has 0 bridgehead atoms. The van der Waals surface area contributed by atoms with E-state index in [4.69, 9.17) is 4.74 Å². The lowest BCUT2D eigenvalue weighted by Crippen LogP contribution is -2.43. The van der Waals surface area contributed by atoms with E-state index in [-0.39, 0.29) is 0 Å². The quantitative estimate of drug-likeness (QED) is 0.809. The minimum absolute atomic E-state index is 0.446. The number of rotatable bonds is 2. The Labute approximate surface area is 90.6 Å². The first-order valence-corrected chi connectivity index (χ1v) is 4.65. The third-order valence-corrected chi connectivity index (χ3v) is 2.33. The van der Waals surface area contributed by atoms with Crippen LogP contribution in [-0.4, -0.2) is 25.5 Å². The Hall–Kier alpha value is -1.85. The molecule has 1 aromatic carbocycles. The number of fused-ring (bicyclic) bond motifs is 1. The summed E-state index contributed by atoms with van der Waals surface area (Å²) in [6.45, 7) is 0. The van der Waals surface area contributed by atoms with Crippen LogP contribution in [0.15, 0.2) is 18.2 Å². The van der Waals surface area contributed by atoms with Crippen LogP contribution >= 0.6 is 0 Å². The molecule has 0 aromatic heterocycles. The summed E-state index contributed by atoms with van der Waals surface area (Å²) < 4.78 is 29.9. The van der Waals surface area contributed by atoms with Gasteiger partial charge in [-0.3, -0.25) is 4.79 Å². The van der Waals surface area contributed by atoms with Crippen LogP contribution in [0.1, 0.15) is 0 Å². The standard InChI is InChI=1S/C10H10F2N2O2/c1-16-5-2-3-6-7(4-5)14-10(15)8(13-6)9(11)12/h2-4,8-9,13H,1H3,(H,14,15). The Morgan fingerprint density at radius 1 is 1.38 bits per heavy atom. The number of ether oxygens (including phenoxy) is 1. The molecule has 86 valence electrons. The molecule has 0 spiro atoms. The molecular weight excluding hydrogens is 218 g/mol. The molecule has 0 radical (unpaired) electrons. The van der Waals surface area contributed by atoms with Crippen LogP contribution in [0.4, 0.5) is 20.2 Å². The highest BCUT2D eigenvalue weighted by atomic mass is 19.3. The van der Waals surface area contributed by atoms with Crippen LogP contribution in [0.2, 0.25) is 0 Å². The fourth-order valence-corrected chi connectivity index (χ4v) is 1.50. The lowest BCUT2D eigenvalue weighted by molar-refractivity contribution is -0.119. The van der Waals surface area contributed by atoms with E-state index in [0.717, 1.165) is 0 Å². The van der Waals surface area contributed by atoms with Gasteiger partial charge in [-0.15, -0.1) is 0 Å². The van der Waals surface area contributed by atoms with E-state index >= 15 is 0 Å². The van der Waals surface area contributed by atoms with Gasteiger partial charge in [-0.2, -0.15) is 0 Å². The van der Waals surface area contributed by atoms with Gasteiger partial charge in [0.1, 0.15) is 5.75 Å². The van der Waals surface area contributed by atoms with E-state index < -0.39 is 18.4 Å². The normalized spacial score (nSPS) is 18.8. The summed E-state index contributed by atoms with van der Waals surface area (Å²) in [5.74, 6) is -0.188. The zero-order valence-corrected chi connectivity index (χ0v) is 8.46. The second-order valence-corrected chi connectivity index (χ2v) is 3.36. The maximum absolute atomic E-state index is 12.5. The predicted octanol–water partition coefficient (Wildman–Crippen LogP) is 1.69. The first kappa shape index (κ1) is 10.7. The van der Waals surface area contributed by atoms with Crippen LogP contribution in [0, 0.1) is 0 Å². The van der Waals surface area contributed by atoms with Crippen molar-refractivity contribution in [3.63, 3.8) is 0 Å². The van der Waals surface area contributed by atoms with Crippen LogP contribution in [-0.2, 0) is 4.79 Å². The Bertz CT molecular complexity index is 423. The molecule has 1 aliphatic heterocycles. The summed E-state index contributed by atoms with van der Waals surface area (Å²) in [4.78, 5) is 11.3. The van der Waals surface area contributed by atoms with E-state index in [1.807, 2.05) is 0 Å². The minimum atomic E-state index is -2.74. The molecule has 0 saturated heterocycles. The smallest absolute Gasteiger partial charge is 0.267 e. The van der Waals surface area contributed by atoms with Crippen molar-refractivity contribution in [3.8, 4) is 5.75 Å². The molecule has 2 N–H and O–H groups in total. The monoisotopic (exact) mass is 228 g/mol. The molecule has 4 nitrogen and oxygen atoms in total. The molecule has 1 aromatic rings. The van der Waals surface area contributed by atoms with Crippen molar-refractivity contribution in [2.75, 3.05) is 17.7 Å². The summed E-state index contributed by atoms with van der Waals surface area (Å²) in [6.07, 6.45) is -2.74. The van der Waals surface area contributed by atoms with Gasteiger partial charge in [0, 0.05) is 6.07 Å². The largest absolute Gasteiger partial charge is 0.497 e. The molecular formula is C10H10F2N2O2. The number of hydrogen-bond acceptors (Lipinski definition) is 3. The molecule has 0 fully saturated rings. The molecule has 1 unspecified atom stereocenters. The number of amides is 1. The van der Waals surface area contributed by atoms with Gasteiger partial charge in [0.15, 0.2) is 6.04 Å². The Morgan fingerprint density at radius 2 is 2.12 bits per heavy atom. The lowest BCUT2D eigenvalue weighted by atomic mass is 10.1. The number of benzene rings is 1. The second kappa shape index (κ2) is 3.96. The van der Waals surface area contributed by atoms with E-state index in [1.165, 1.54) is 7.11 Å². The molecule has 1 heterocycles. The molecule has 1 atom stereocenters. The van der Waals surface area contributed by atoms with Crippen molar-refractivity contribution >= 4 is 17.3 Å². The SMILES string of the molecule is COc1ccc2c(c1)NC(=O)C(C(F)F)N2. The van der Waals surface area contributed by atoms with Gasteiger partial charge >= 0.3 is 0 Å². The minimum Gasteiger partial charge on any atom is -0.497 e. The number of nitrogens with one attached hydrogen (secondary N) is 2. The molecule has 6 heteroatoms. The van der Waals surface area contributed by atoms with Gasteiger partial charge in [-0.05, 0) is 12.1 Å². The fraction of sp³-hybridized carbons (Fsp3) is 0.300. The van der Waals surface area contributed by atoms with Crippen LogP contribution in [0.3, 0.4) is 0 Å². The maximum Gasteiger partial charge on any atom is 0.267 e. The number of anilines is 2. The van der Waals surface area contributed by atoms with Crippen molar-refractivity contribution in [1.82, 2.24) is 0 Å². The van der Waals surface area contributed by atoms with Gasteiger partial charge in [-0.1, -0.05) is 0 Å². The average molecular weight is 228 g/mol. The molecule has 2 rings (SSSR count). The van der Waals surface area contributed by atoms with Crippen LogP contribution in [0.25, 0.3) is 0 Å². The van der Waals surface area contributed by atoms with Crippen LogP contribution < -0.4 is 15.4 Å². The van der Waals surface area contributed by atoms with E-state index in [1.54, 1.807) is 18.2 Å². The summed E-state index contributed by atoms with van der Waals surface area (Å²) in [7, 11) is 1.49. The first-order valence-electron chi connectivity index (χ1n) is 4.65. The topological polar surface area (TPSA) is 50.4 Å². The third-order valence-electron chi connectivity index (χ3n) is 2.33. The average Bonchev–Trinajstić information content (AvgIpc) is 2.27. The van der Waals surface area contributed by atoms with Crippen molar-refractivity contribution < 1.29 is 18.3 Å². The zero-order valence-electron chi connectivity index (χ0n) is 8.46. The Morgan fingerprint density at radius 3 is 2.75 bits per heavy atom. The highest BCUT2D eigenvalue weighted by Crippen LogP contribution is 2.31. The lowest BCUT2D eigenvalue weighted by Gasteiger charge is -2.26. The van der Waals surface area contributed by atoms with Crippen molar-refractivity contribution in [2.24, 2.45) is 0 Å². The summed E-state index contributed by atoms with van der Waals surface area (Å²) in [6, 6.07) is 3.29. The number of hydrogen-bond donors (Lipinski definition) is 2. The summed E-state index contributed by atoms with van der Waals surface area (Å²) in [5.41, 5.74) is 0.909. The van der Waals surface area contributed by atoms with Gasteiger partial charge in [0.05, 0.1) is 18.5 Å². The third kappa shape index (κ3) is 1.78. The number of carbonyl (C=O) groups excluding carboxylic acids is 1. The van der Waals surface area contributed by atoms with Crippen molar-refractivity contribution in [2.45, 2.75) is 12.5 Å². The van der Waals surface area contributed by atoms with Gasteiger partial charge < -0.3 is 15.4 Å². The molecule has 1 amide bonds. The van der Waals surface area contributed by atoms with Gasteiger partial charge in [0.2, 0.25) is 0 Å². The summed E-state index contributed by atoms with van der Waals surface area (Å²) >= 11 is 0. The Balaban J connectivity index is 2.31. The summed E-state index contributed by atoms with van der Waals surface area (Å²) in [5, 5.41) is 4.88. The molecule has 1 aliphatic rings. The second-order valence-electron chi connectivity index (χ2n) is 3.36. The number of carbonyl (C=O) groups is 1. The Kier molecular flexibility index (Phi) is 2.64. The van der Waals surface area contributed by atoms with Gasteiger partial charge in [-0.25, -0.2) is 8.78 Å². The van der Waals surface area contributed by atoms with E-state index in [2.05, 4.69) is 10.6 Å². The van der Waals surface area contributed by atoms with E-state index in [0.29, 0.717) is 17.1 Å². The van der Waals surface area contributed by atoms with Crippen molar-refractivity contribution in [3.05, 3.63) is 18.2 Å². The number of halogens is 2. The molecule has 0 saturated carbocycles. The van der Waals surface area contributed by atoms with E-state index in [9.17, 15) is 13.6 Å². The highest BCUT2D eigenvalue weighted by Gasteiger charge is 2.32. The predicted molar refractivity (Wildman–Crippen MR) is 55.0 cm³/mol. The zero-order chi connectivity index (χ0) is 11.7. The van der Waals surface area contributed by atoms with Crippen molar-refractivity contribution in [1.29, 1.82) is 0 Å². The molecule has 0 aliphatic carbocycles. The number of methoxy groups -OCH3 is 1. The number of alkyl halides is 2. The molecule has 16 heavy (non-hydrogen) atoms. The van der Waals surface area contributed by atoms with Gasteiger partial charge in [0.25, 0.3) is 12.3 Å². The highest BCUT2D eigenvalue weighted by molar-refractivity contribution is 6.03. The van der Waals surface area contributed by atoms with Crippen LogP contribution in [0.5, 0.6) is 5.75 Å². The fourth-order valence-electron chi connectivity index (χ4n) is 1.50.